The van der Waals surface area contributed by atoms with E-state index in [1.54, 1.807) is 20.8 Å². The van der Waals surface area contributed by atoms with Crippen LogP contribution in [-0.2, 0) is 14.8 Å². The summed E-state index contributed by atoms with van der Waals surface area (Å²) in [5.74, 6) is -1.32. The van der Waals surface area contributed by atoms with Gasteiger partial charge >= 0.3 is 0 Å². The number of aromatic nitrogens is 2. The van der Waals surface area contributed by atoms with Gasteiger partial charge in [-0.15, -0.1) is 0 Å². The summed E-state index contributed by atoms with van der Waals surface area (Å²) in [6.07, 6.45) is 0.475. The normalized spacial score (nSPS) is 12.2. The van der Waals surface area contributed by atoms with Crippen LogP contribution in [0.15, 0.2) is 47.4 Å². The van der Waals surface area contributed by atoms with E-state index in [0.29, 0.717) is 12.1 Å². The minimum atomic E-state index is -4.25. The molecule has 0 aliphatic heterocycles. The van der Waals surface area contributed by atoms with Crippen LogP contribution in [0.1, 0.15) is 36.3 Å². The monoisotopic (exact) mass is 549 g/mol. The van der Waals surface area contributed by atoms with Crippen molar-refractivity contribution in [3.63, 3.8) is 0 Å². The average molecular weight is 550 g/mol. The van der Waals surface area contributed by atoms with Gasteiger partial charge in [0, 0.05) is 37.4 Å². The lowest BCUT2D eigenvalue weighted by Crippen LogP contribution is -2.32. The number of amides is 1. The van der Waals surface area contributed by atoms with E-state index in [4.69, 9.17) is 9.47 Å². The first-order valence-electron chi connectivity index (χ1n) is 11.6. The molecule has 0 aliphatic rings. The van der Waals surface area contributed by atoms with E-state index in [1.807, 2.05) is 0 Å². The van der Waals surface area contributed by atoms with Gasteiger partial charge in [-0.25, -0.2) is 17.5 Å². The predicted octanol–water partition coefficient (Wildman–Crippen LogP) is 3.47. The number of non-ortho nitro benzene ring substituents is 1. The van der Waals surface area contributed by atoms with E-state index in [2.05, 4.69) is 15.1 Å². The average Bonchev–Trinajstić information content (AvgIpc) is 3.20. The van der Waals surface area contributed by atoms with Crippen molar-refractivity contribution in [2.24, 2.45) is 0 Å². The summed E-state index contributed by atoms with van der Waals surface area (Å²) in [5.41, 5.74) is 0.0960. The number of nitrogens with one attached hydrogen (secondary N) is 2. The first kappa shape index (κ1) is 28.7. The van der Waals surface area contributed by atoms with Crippen LogP contribution in [0.3, 0.4) is 0 Å². The summed E-state index contributed by atoms with van der Waals surface area (Å²) in [7, 11) is -2.77. The first-order valence-corrected chi connectivity index (χ1v) is 13.1. The largest absolute Gasteiger partial charge is 0.437 e. The van der Waals surface area contributed by atoms with E-state index in [1.165, 1.54) is 36.1 Å². The summed E-state index contributed by atoms with van der Waals surface area (Å²) in [6.45, 7) is 5.45. The van der Waals surface area contributed by atoms with Gasteiger partial charge < -0.3 is 14.8 Å². The lowest BCUT2D eigenvalue weighted by molar-refractivity contribution is -0.385. The molecule has 0 saturated carbocycles. The van der Waals surface area contributed by atoms with Crippen molar-refractivity contribution >= 4 is 21.6 Å². The lowest BCUT2D eigenvalue weighted by Gasteiger charge is -2.16. The maximum absolute atomic E-state index is 13.6. The lowest BCUT2D eigenvalue weighted by atomic mass is 10.2. The summed E-state index contributed by atoms with van der Waals surface area (Å²) in [6, 6.07) is 7.87. The van der Waals surface area contributed by atoms with Gasteiger partial charge in [0.2, 0.25) is 15.9 Å². The summed E-state index contributed by atoms with van der Waals surface area (Å²) in [4.78, 5) is 23.0. The number of rotatable bonds is 12. The molecule has 1 heterocycles. The van der Waals surface area contributed by atoms with Crippen molar-refractivity contribution in [3.8, 4) is 17.3 Å². The number of sulfonamides is 1. The molecule has 0 bridgehead atoms. The van der Waals surface area contributed by atoms with Gasteiger partial charge in [-0.2, -0.15) is 9.78 Å². The number of ether oxygens (including phenoxy) is 2. The Labute approximate surface area is 219 Å². The second-order valence-corrected chi connectivity index (χ2v) is 10.0. The molecule has 3 aromatic rings. The molecule has 0 saturated heterocycles. The standard InChI is InChI=1S/C24H28FN5O7S/c1-5-15(2)28-38(34,35)21-14-19(30(32)33)10-11-20(21)37-24-16(3)22(23(31)26-12-13-36-4)27-29(24)18-8-6-17(25)7-9-18/h6-11,14-15,28H,5,12-13H2,1-4H3,(H,26,31)/t15-/m1/s1. The second-order valence-electron chi connectivity index (χ2n) is 8.34. The predicted molar refractivity (Wildman–Crippen MR) is 136 cm³/mol. The number of methoxy groups -OCH3 is 1. The Hall–Kier alpha value is -3.88. The van der Waals surface area contributed by atoms with Gasteiger partial charge in [0.15, 0.2) is 5.69 Å². The molecule has 0 radical (unpaired) electrons. The van der Waals surface area contributed by atoms with Crippen LogP contribution in [0.2, 0.25) is 0 Å². The Bertz CT molecular complexity index is 1420. The number of halogens is 1. The number of nitrogens with zero attached hydrogens (tertiary/aromatic N) is 3. The molecule has 2 N–H and O–H groups in total. The first-order chi connectivity index (χ1) is 18.0. The van der Waals surface area contributed by atoms with Gasteiger partial charge in [-0.3, -0.25) is 14.9 Å². The number of nitro benzene ring substituents is 1. The van der Waals surface area contributed by atoms with Crippen molar-refractivity contribution in [2.45, 2.75) is 38.1 Å². The van der Waals surface area contributed by atoms with Crippen LogP contribution >= 0.6 is 0 Å². The maximum atomic E-state index is 13.6. The molecule has 1 amide bonds. The number of hydrogen-bond acceptors (Lipinski definition) is 8. The molecule has 2 aromatic carbocycles. The topological polar surface area (TPSA) is 155 Å². The van der Waals surface area contributed by atoms with Crippen LogP contribution in [-0.4, -0.2) is 55.3 Å². The second kappa shape index (κ2) is 12.1. The molecule has 14 heteroatoms. The summed E-state index contributed by atoms with van der Waals surface area (Å²) in [5, 5.41) is 18.4. The Morgan fingerprint density at radius 1 is 1.24 bits per heavy atom. The van der Waals surface area contributed by atoms with Crippen molar-refractivity contribution in [2.75, 3.05) is 20.3 Å². The highest BCUT2D eigenvalue weighted by molar-refractivity contribution is 7.89. The van der Waals surface area contributed by atoms with Gasteiger partial charge in [0.1, 0.15) is 16.5 Å². The Morgan fingerprint density at radius 3 is 2.53 bits per heavy atom. The van der Waals surface area contributed by atoms with E-state index in [9.17, 15) is 27.7 Å². The fraction of sp³-hybridized carbons (Fsp3) is 0.333. The van der Waals surface area contributed by atoms with Gasteiger partial charge in [0.05, 0.1) is 17.2 Å². The zero-order valence-corrected chi connectivity index (χ0v) is 22.0. The summed E-state index contributed by atoms with van der Waals surface area (Å²) < 4.78 is 54.6. The van der Waals surface area contributed by atoms with Crippen molar-refractivity contribution < 1.29 is 32.0 Å². The molecule has 1 aromatic heterocycles. The zero-order valence-electron chi connectivity index (χ0n) is 21.2. The van der Waals surface area contributed by atoms with Gasteiger partial charge in [-0.05, 0) is 50.6 Å². The van der Waals surface area contributed by atoms with Crippen LogP contribution in [0.5, 0.6) is 11.6 Å². The van der Waals surface area contributed by atoms with Crippen LogP contribution < -0.4 is 14.8 Å². The minimum Gasteiger partial charge on any atom is -0.437 e. The Morgan fingerprint density at radius 2 is 1.92 bits per heavy atom. The molecule has 3 rings (SSSR count). The van der Waals surface area contributed by atoms with E-state index < -0.39 is 43.3 Å². The smallest absolute Gasteiger partial charge is 0.272 e. The maximum Gasteiger partial charge on any atom is 0.272 e. The molecule has 204 valence electrons. The fourth-order valence-electron chi connectivity index (χ4n) is 3.34. The Balaban J connectivity index is 2.16. The number of hydrogen-bond donors (Lipinski definition) is 2. The SMILES string of the molecule is CC[C@@H](C)NS(=O)(=O)c1cc([N+](=O)[O-])ccc1Oc1c(C)c(C(=O)NCCOC)nn1-c1ccc(F)cc1. The molecule has 0 aliphatic carbocycles. The highest BCUT2D eigenvalue weighted by Crippen LogP contribution is 2.35. The molecule has 1 atom stereocenters. The third-order valence-electron chi connectivity index (χ3n) is 5.55. The van der Waals surface area contributed by atoms with E-state index in [-0.39, 0.29) is 36.0 Å². The van der Waals surface area contributed by atoms with Crippen molar-refractivity contribution in [1.29, 1.82) is 0 Å². The molecule has 38 heavy (non-hydrogen) atoms. The number of nitro groups is 1. The van der Waals surface area contributed by atoms with Gasteiger partial charge in [-0.1, -0.05) is 6.92 Å². The van der Waals surface area contributed by atoms with Crippen molar-refractivity contribution in [1.82, 2.24) is 19.8 Å². The van der Waals surface area contributed by atoms with Gasteiger partial charge in [0.25, 0.3) is 11.6 Å². The molecule has 0 unspecified atom stereocenters. The minimum absolute atomic E-state index is 0.0236. The number of carbonyl (C=O) groups excluding carboxylic acids is 1. The van der Waals surface area contributed by atoms with Crippen LogP contribution in [0.25, 0.3) is 5.69 Å². The molecule has 12 nitrogen and oxygen atoms in total. The number of carbonyl (C=O) groups is 1. The third kappa shape index (κ3) is 6.51. The Kier molecular flexibility index (Phi) is 9.14. The van der Waals surface area contributed by atoms with E-state index >= 15 is 0 Å². The van der Waals surface area contributed by atoms with Crippen molar-refractivity contribution in [3.05, 3.63) is 69.7 Å². The third-order valence-corrected chi connectivity index (χ3v) is 7.16. The highest BCUT2D eigenvalue weighted by atomic mass is 32.2. The molecule has 0 fully saturated rings. The van der Waals surface area contributed by atoms with Crippen LogP contribution in [0, 0.1) is 22.9 Å². The quantitative estimate of drug-likeness (QED) is 0.198. The molecule has 0 spiro atoms. The van der Waals surface area contributed by atoms with E-state index in [0.717, 1.165) is 18.2 Å². The van der Waals surface area contributed by atoms with Crippen LogP contribution in [0.4, 0.5) is 10.1 Å². The highest BCUT2D eigenvalue weighted by Gasteiger charge is 2.28. The fourth-order valence-corrected chi connectivity index (χ4v) is 4.82. The number of benzene rings is 2. The molecular formula is C24H28FN5O7S. The molecular weight excluding hydrogens is 521 g/mol. The summed E-state index contributed by atoms with van der Waals surface area (Å²) >= 11 is 0. The zero-order chi connectivity index (χ0) is 28.0.